The second kappa shape index (κ2) is 5.64. The van der Waals surface area contributed by atoms with Crippen molar-refractivity contribution in [3.8, 4) is 0 Å². The molecule has 0 fully saturated rings. The number of carboxylic acids is 1. The number of aliphatic carboxylic acids is 1. The van der Waals surface area contributed by atoms with Gasteiger partial charge < -0.3 is 10.0 Å². The monoisotopic (exact) mass is 261 g/mol. The summed E-state index contributed by atoms with van der Waals surface area (Å²) < 4.78 is 0. The fourth-order valence-corrected chi connectivity index (χ4v) is 2.77. The maximum atomic E-state index is 11.3. The number of nitrogens with zero attached hydrogens (tertiary/aromatic N) is 1. The molecule has 1 aliphatic carbocycles. The lowest BCUT2D eigenvalue weighted by molar-refractivity contribution is -0.142. The summed E-state index contributed by atoms with van der Waals surface area (Å²) in [6, 6.07) is 6.53. The largest absolute Gasteiger partial charge is 0.481 e. The summed E-state index contributed by atoms with van der Waals surface area (Å²) in [6.45, 7) is 4.50. The minimum absolute atomic E-state index is 0.148. The number of anilines is 1. The van der Waals surface area contributed by atoms with Crippen LogP contribution in [0.1, 0.15) is 31.4 Å². The van der Waals surface area contributed by atoms with Crippen molar-refractivity contribution < 1.29 is 9.90 Å². The molecule has 0 saturated heterocycles. The van der Waals surface area contributed by atoms with Crippen LogP contribution in [-0.2, 0) is 17.6 Å². The van der Waals surface area contributed by atoms with Gasteiger partial charge in [0.05, 0.1) is 5.92 Å². The van der Waals surface area contributed by atoms with Gasteiger partial charge in [-0.2, -0.15) is 0 Å². The van der Waals surface area contributed by atoms with Crippen LogP contribution in [0, 0.1) is 11.8 Å². The molecule has 0 aromatic heterocycles. The zero-order chi connectivity index (χ0) is 14.0. The van der Waals surface area contributed by atoms with Gasteiger partial charge in [0.2, 0.25) is 0 Å². The van der Waals surface area contributed by atoms with Gasteiger partial charge in [-0.05, 0) is 48.4 Å². The Morgan fingerprint density at radius 1 is 1.32 bits per heavy atom. The minimum atomic E-state index is -0.706. The lowest BCUT2D eigenvalue weighted by atomic mass is 9.95. The molecule has 2 rings (SSSR count). The van der Waals surface area contributed by atoms with Crippen molar-refractivity contribution in [2.24, 2.45) is 11.8 Å². The number of hydrogen-bond donors (Lipinski definition) is 1. The van der Waals surface area contributed by atoms with Crippen molar-refractivity contribution in [3.05, 3.63) is 29.3 Å². The predicted octanol–water partition coefficient (Wildman–Crippen LogP) is 2.97. The third kappa shape index (κ3) is 3.09. The van der Waals surface area contributed by atoms with Gasteiger partial charge in [-0.25, -0.2) is 0 Å². The van der Waals surface area contributed by atoms with E-state index < -0.39 is 5.97 Å². The van der Waals surface area contributed by atoms with Gasteiger partial charge >= 0.3 is 5.97 Å². The predicted molar refractivity (Wildman–Crippen MR) is 77.7 cm³/mol. The Bertz CT molecular complexity index is 468. The molecule has 1 aromatic rings. The molecule has 3 heteroatoms. The van der Waals surface area contributed by atoms with Crippen LogP contribution in [0.4, 0.5) is 5.69 Å². The average molecular weight is 261 g/mol. The van der Waals surface area contributed by atoms with E-state index in [1.165, 1.54) is 24.0 Å². The molecule has 0 heterocycles. The molecule has 0 spiro atoms. The van der Waals surface area contributed by atoms with Crippen LogP contribution in [0.5, 0.6) is 0 Å². The lowest BCUT2D eigenvalue weighted by Crippen LogP contribution is -2.33. The molecule has 1 unspecified atom stereocenters. The molecule has 1 aromatic carbocycles. The van der Waals surface area contributed by atoms with Gasteiger partial charge in [0.15, 0.2) is 0 Å². The van der Waals surface area contributed by atoms with E-state index in [0.717, 1.165) is 12.1 Å². The van der Waals surface area contributed by atoms with Gasteiger partial charge in [0.1, 0.15) is 0 Å². The molecule has 1 atom stereocenters. The van der Waals surface area contributed by atoms with Gasteiger partial charge in [-0.15, -0.1) is 0 Å². The summed E-state index contributed by atoms with van der Waals surface area (Å²) in [4.78, 5) is 13.3. The standard InChI is InChI=1S/C16H23NO2/c1-11(2)15(16(18)19)10-17(3)14-8-7-12-5-4-6-13(12)9-14/h7-9,11,15H,4-6,10H2,1-3H3,(H,18,19). The maximum Gasteiger partial charge on any atom is 0.308 e. The first kappa shape index (κ1) is 13.9. The fourth-order valence-electron chi connectivity index (χ4n) is 2.77. The summed E-state index contributed by atoms with van der Waals surface area (Å²) in [5.74, 6) is -0.879. The zero-order valence-corrected chi connectivity index (χ0v) is 12.0. The number of hydrogen-bond acceptors (Lipinski definition) is 2. The number of fused-ring (bicyclic) bond motifs is 1. The molecular weight excluding hydrogens is 238 g/mol. The Labute approximate surface area is 115 Å². The van der Waals surface area contributed by atoms with Gasteiger partial charge in [0.25, 0.3) is 0 Å². The minimum Gasteiger partial charge on any atom is -0.481 e. The number of aryl methyl sites for hydroxylation is 2. The van der Waals surface area contributed by atoms with E-state index >= 15 is 0 Å². The SMILES string of the molecule is CC(C)C(CN(C)c1ccc2c(c1)CCC2)C(=O)O. The van der Waals surface area contributed by atoms with Crippen LogP contribution in [0.3, 0.4) is 0 Å². The molecule has 104 valence electrons. The second-order valence-corrected chi connectivity index (χ2v) is 5.88. The van der Waals surface area contributed by atoms with E-state index in [1.807, 2.05) is 20.9 Å². The van der Waals surface area contributed by atoms with Crippen LogP contribution in [-0.4, -0.2) is 24.7 Å². The molecule has 1 aliphatic rings. The highest BCUT2D eigenvalue weighted by Crippen LogP contribution is 2.27. The Kier molecular flexibility index (Phi) is 4.13. The molecule has 0 amide bonds. The highest BCUT2D eigenvalue weighted by atomic mass is 16.4. The van der Waals surface area contributed by atoms with E-state index in [4.69, 9.17) is 0 Å². The topological polar surface area (TPSA) is 40.5 Å². The summed E-state index contributed by atoms with van der Waals surface area (Å²) in [6.07, 6.45) is 3.58. The number of rotatable bonds is 5. The van der Waals surface area contributed by atoms with Crippen molar-refractivity contribution in [2.75, 3.05) is 18.5 Å². The van der Waals surface area contributed by atoms with E-state index in [0.29, 0.717) is 6.54 Å². The number of carboxylic acid groups (broad SMARTS) is 1. The highest BCUT2D eigenvalue weighted by Gasteiger charge is 2.23. The van der Waals surface area contributed by atoms with E-state index in [-0.39, 0.29) is 11.8 Å². The van der Waals surface area contributed by atoms with Crippen molar-refractivity contribution in [1.29, 1.82) is 0 Å². The van der Waals surface area contributed by atoms with Crippen LogP contribution in [0.15, 0.2) is 18.2 Å². The van der Waals surface area contributed by atoms with Crippen molar-refractivity contribution >= 4 is 11.7 Å². The third-order valence-corrected chi connectivity index (χ3v) is 4.12. The fraction of sp³-hybridized carbons (Fsp3) is 0.562. The Morgan fingerprint density at radius 2 is 2.00 bits per heavy atom. The Balaban J connectivity index is 2.11. The number of carbonyl (C=O) groups is 1. The first-order chi connectivity index (χ1) is 8.99. The number of benzene rings is 1. The Hall–Kier alpha value is -1.51. The Morgan fingerprint density at radius 3 is 2.63 bits per heavy atom. The van der Waals surface area contributed by atoms with Crippen LogP contribution in [0.25, 0.3) is 0 Å². The van der Waals surface area contributed by atoms with Crippen molar-refractivity contribution in [2.45, 2.75) is 33.1 Å². The van der Waals surface area contributed by atoms with Gasteiger partial charge in [-0.3, -0.25) is 4.79 Å². The summed E-state index contributed by atoms with van der Waals surface area (Å²) in [5.41, 5.74) is 4.02. The molecule has 0 bridgehead atoms. The molecule has 0 radical (unpaired) electrons. The summed E-state index contributed by atoms with van der Waals surface area (Å²) >= 11 is 0. The van der Waals surface area contributed by atoms with E-state index in [9.17, 15) is 9.90 Å². The van der Waals surface area contributed by atoms with E-state index in [1.54, 1.807) is 0 Å². The smallest absolute Gasteiger partial charge is 0.308 e. The molecule has 0 saturated carbocycles. The first-order valence-electron chi connectivity index (χ1n) is 7.04. The van der Waals surface area contributed by atoms with Gasteiger partial charge in [-0.1, -0.05) is 19.9 Å². The quantitative estimate of drug-likeness (QED) is 0.886. The van der Waals surface area contributed by atoms with Crippen LogP contribution < -0.4 is 4.90 Å². The highest BCUT2D eigenvalue weighted by molar-refractivity contribution is 5.71. The first-order valence-corrected chi connectivity index (χ1v) is 7.04. The molecule has 19 heavy (non-hydrogen) atoms. The normalized spacial score (nSPS) is 15.4. The lowest BCUT2D eigenvalue weighted by Gasteiger charge is -2.26. The van der Waals surface area contributed by atoms with Crippen molar-refractivity contribution in [1.82, 2.24) is 0 Å². The second-order valence-electron chi connectivity index (χ2n) is 5.88. The zero-order valence-electron chi connectivity index (χ0n) is 12.0. The van der Waals surface area contributed by atoms with E-state index in [2.05, 4.69) is 23.1 Å². The van der Waals surface area contributed by atoms with Gasteiger partial charge in [0, 0.05) is 19.3 Å². The average Bonchev–Trinajstić information content (AvgIpc) is 2.81. The van der Waals surface area contributed by atoms with Crippen LogP contribution in [0.2, 0.25) is 0 Å². The van der Waals surface area contributed by atoms with Crippen LogP contribution >= 0.6 is 0 Å². The maximum absolute atomic E-state index is 11.3. The molecule has 1 N–H and O–H groups in total. The summed E-state index contributed by atoms with van der Waals surface area (Å²) in [7, 11) is 1.98. The summed E-state index contributed by atoms with van der Waals surface area (Å²) in [5, 5.41) is 9.27. The molecule has 0 aliphatic heterocycles. The van der Waals surface area contributed by atoms with Crippen molar-refractivity contribution in [3.63, 3.8) is 0 Å². The molecule has 3 nitrogen and oxygen atoms in total. The molecular formula is C16H23NO2. The third-order valence-electron chi connectivity index (χ3n) is 4.12.